The average Bonchev–Trinajstić information content (AvgIpc) is 3.21. The van der Waals surface area contributed by atoms with Gasteiger partial charge in [-0.2, -0.15) is 0 Å². The van der Waals surface area contributed by atoms with Gasteiger partial charge in [-0.25, -0.2) is 4.98 Å². The average molecular weight is 478 g/mol. The van der Waals surface area contributed by atoms with Crippen LogP contribution in [-0.4, -0.2) is 35.0 Å². The summed E-state index contributed by atoms with van der Waals surface area (Å²) in [6.45, 7) is 1.91. The number of benzene rings is 1. The molecule has 0 unspecified atom stereocenters. The largest absolute Gasteiger partial charge is 0.369 e. The van der Waals surface area contributed by atoms with Crippen molar-refractivity contribution < 1.29 is 4.79 Å². The fourth-order valence-corrected chi connectivity index (χ4v) is 5.51. The molecule has 7 heteroatoms. The highest BCUT2D eigenvalue weighted by molar-refractivity contribution is 5.97. The zero-order valence-electron chi connectivity index (χ0n) is 19.4. The Kier molecular flexibility index (Phi) is 6.45. The maximum Gasteiger partial charge on any atom is 0.228 e. The lowest BCUT2D eigenvalue weighted by atomic mass is 9.85. The molecule has 2 aliphatic carbocycles. The van der Waals surface area contributed by atoms with Crippen LogP contribution in [0.2, 0.25) is 0 Å². The maximum absolute atomic E-state index is 12.4. The van der Waals surface area contributed by atoms with E-state index in [4.69, 9.17) is 10.7 Å². The van der Waals surface area contributed by atoms with E-state index in [2.05, 4.69) is 33.4 Å². The van der Waals surface area contributed by atoms with Crippen LogP contribution in [-0.2, 0) is 17.6 Å². The predicted octanol–water partition coefficient (Wildman–Crippen LogP) is 4.87. The van der Waals surface area contributed by atoms with E-state index in [1.54, 1.807) is 6.20 Å². The van der Waals surface area contributed by atoms with Crippen LogP contribution >= 0.6 is 12.4 Å². The van der Waals surface area contributed by atoms with Crippen LogP contribution in [0.3, 0.4) is 0 Å². The Morgan fingerprint density at radius 3 is 2.62 bits per heavy atom. The molecule has 3 N–H and O–H groups in total. The first-order valence-electron chi connectivity index (χ1n) is 12.4. The fraction of sp³-hybridized carbons (Fsp3) is 0.444. The van der Waals surface area contributed by atoms with Crippen molar-refractivity contribution in [2.24, 2.45) is 11.7 Å². The van der Waals surface area contributed by atoms with E-state index in [0.717, 1.165) is 68.3 Å². The smallest absolute Gasteiger partial charge is 0.228 e. The molecule has 34 heavy (non-hydrogen) atoms. The molecule has 1 saturated heterocycles. The monoisotopic (exact) mass is 477 g/mol. The van der Waals surface area contributed by atoms with E-state index in [1.165, 1.54) is 35.2 Å². The van der Waals surface area contributed by atoms with Crippen molar-refractivity contribution in [1.82, 2.24) is 9.97 Å². The number of anilines is 2. The first kappa shape index (κ1) is 23.1. The lowest BCUT2D eigenvalue weighted by molar-refractivity contribution is -0.122. The van der Waals surface area contributed by atoms with E-state index in [1.807, 2.05) is 12.1 Å². The number of aromatic nitrogens is 2. The van der Waals surface area contributed by atoms with Gasteiger partial charge in [0.15, 0.2) is 0 Å². The highest BCUT2D eigenvalue weighted by Crippen LogP contribution is 2.39. The highest BCUT2D eigenvalue weighted by Gasteiger charge is 2.27. The zero-order valence-corrected chi connectivity index (χ0v) is 20.2. The molecule has 2 aromatic heterocycles. The topological polar surface area (TPSA) is 84.1 Å². The molecule has 178 valence electrons. The molecule has 6 nitrogen and oxygen atoms in total. The van der Waals surface area contributed by atoms with Crippen molar-refractivity contribution in [2.45, 2.75) is 57.4 Å². The molecule has 1 aliphatic heterocycles. The number of nitrogens with two attached hydrogens (primary N) is 1. The van der Waals surface area contributed by atoms with Crippen molar-refractivity contribution in [2.75, 3.05) is 23.3 Å². The predicted molar refractivity (Wildman–Crippen MR) is 140 cm³/mol. The molecule has 1 amide bonds. The van der Waals surface area contributed by atoms with Crippen molar-refractivity contribution in [3.05, 3.63) is 47.8 Å². The molecular weight excluding hydrogens is 446 g/mol. The molecule has 3 heterocycles. The molecule has 2 fully saturated rings. The summed E-state index contributed by atoms with van der Waals surface area (Å²) in [5.74, 6) is 0.856. The zero-order chi connectivity index (χ0) is 22.4. The standard InChI is InChI=1S/C27H31N5O.ClH/c28-20-11-13-32(16-20)26-21-6-1-2-7-23(21)30-24-9-8-18(14-22(24)26)19-10-12-29-25(15-19)31-27(33)17-4-3-5-17;/h8-10,12,14-15,17,20H,1-7,11,13,16,28H2,(H,29,31,33);1H/t20-;/m0./s1. The van der Waals surface area contributed by atoms with E-state index in [-0.39, 0.29) is 30.3 Å². The summed E-state index contributed by atoms with van der Waals surface area (Å²) in [6.07, 6.45) is 10.5. The summed E-state index contributed by atoms with van der Waals surface area (Å²) in [6, 6.07) is 10.8. The number of nitrogens with one attached hydrogen (secondary N) is 1. The third-order valence-corrected chi connectivity index (χ3v) is 7.59. The molecule has 1 aromatic carbocycles. The molecule has 0 spiro atoms. The number of halogens is 1. The Balaban J connectivity index is 0.00000241. The van der Waals surface area contributed by atoms with Gasteiger partial charge in [0.2, 0.25) is 5.91 Å². The molecule has 0 bridgehead atoms. The van der Waals surface area contributed by atoms with Crippen molar-refractivity contribution in [3.63, 3.8) is 0 Å². The minimum atomic E-state index is 0. The van der Waals surface area contributed by atoms with Crippen LogP contribution in [0.15, 0.2) is 36.5 Å². The van der Waals surface area contributed by atoms with Crippen LogP contribution in [0.25, 0.3) is 22.0 Å². The minimum absolute atomic E-state index is 0. The number of pyridine rings is 2. The van der Waals surface area contributed by atoms with Gasteiger partial charge < -0.3 is 16.0 Å². The number of fused-ring (bicyclic) bond motifs is 2. The van der Waals surface area contributed by atoms with Gasteiger partial charge in [-0.3, -0.25) is 9.78 Å². The molecule has 1 saturated carbocycles. The number of aryl methyl sites for hydroxylation is 1. The Morgan fingerprint density at radius 1 is 1.03 bits per heavy atom. The Hall–Kier alpha value is -2.70. The van der Waals surface area contributed by atoms with Gasteiger partial charge in [-0.15, -0.1) is 12.4 Å². The van der Waals surface area contributed by atoms with E-state index in [0.29, 0.717) is 5.82 Å². The first-order valence-corrected chi connectivity index (χ1v) is 12.4. The minimum Gasteiger partial charge on any atom is -0.369 e. The number of amides is 1. The Morgan fingerprint density at radius 2 is 1.85 bits per heavy atom. The second-order valence-corrected chi connectivity index (χ2v) is 9.87. The maximum atomic E-state index is 12.4. The van der Waals surface area contributed by atoms with E-state index in [9.17, 15) is 4.79 Å². The van der Waals surface area contributed by atoms with Gasteiger partial charge >= 0.3 is 0 Å². The number of carbonyl (C=O) groups excluding carboxylic acids is 1. The van der Waals surface area contributed by atoms with Gasteiger partial charge in [0, 0.05) is 42.3 Å². The highest BCUT2D eigenvalue weighted by atomic mass is 35.5. The second kappa shape index (κ2) is 9.51. The van der Waals surface area contributed by atoms with Crippen molar-refractivity contribution in [3.8, 4) is 11.1 Å². The number of carbonyl (C=O) groups is 1. The number of hydrogen-bond donors (Lipinski definition) is 2. The van der Waals surface area contributed by atoms with Gasteiger partial charge in [-0.05, 0) is 85.9 Å². The third-order valence-electron chi connectivity index (χ3n) is 7.59. The number of nitrogens with zero attached hydrogens (tertiary/aromatic N) is 3. The first-order chi connectivity index (χ1) is 16.2. The van der Waals surface area contributed by atoms with Gasteiger partial charge in [0.1, 0.15) is 5.82 Å². The summed E-state index contributed by atoms with van der Waals surface area (Å²) in [4.78, 5) is 24.3. The van der Waals surface area contributed by atoms with Gasteiger partial charge in [-0.1, -0.05) is 12.5 Å². The molecule has 6 rings (SSSR count). The third kappa shape index (κ3) is 4.25. The summed E-state index contributed by atoms with van der Waals surface area (Å²) in [5, 5.41) is 4.22. The second-order valence-electron chi connectivity index (χ2n) is 9.87. The summed E-state index contributed by atoms with van der Waals surface area (Å²) in [7, 11) is 0. The summed E-state index contributed by atoms with van der Waals surface area (Å²) >= 11 is 0. The quantitative estimate of drug-likeness (QED) is 0.559. The molecule has 3 aliphatic rings. The lowest BCUT2D eigenvalue weighted by Crippen LogP contribution is -2.28. The molecule has 0 radical (unpaired) electrons. The van der Waals surface area contributed by atoms with Gasteiger partial charge in [0.05, 0.1) is 11.2 Å². The SMILES string of the molecule is Cl.N[C@H]1CCN(c2c3c(nc4ccc(-c5ccnc(NC(=O)C6CCC6)c5)cc24)CCCC3)C1. The van der Waals surface area contributed by atoms with Gasteiger partial charge in [0.25, 0.3) is 0 Å². The molecular formula is C27H32ClN5O. The fourth-order valence-electron chi connectivity index (χ4n) is 5.51. The lowest BCUT2D eigenvalue weighted by Gasteiger charge is -2.28. The number of rotatable bonds is 4. The van der Waals surface area contributed by atoms with E-state index < -0.39 is 0 Å². The summed E-state index contributed by atoms with van der Waals surface area (Å²) in [5.41, 5.74) is 13.6. The normalized spacial score (nSPS) is 19.9. The van der Waals surface area contributed by atoms with E-state index >= 15 is 0 Å². The summed E-state index contributed by atoms with van der Waals surface area (Å²) < 4.78 is 0. The van der Waals surface area contributed by atoms with Crippen LogP contribution in [0.4, 0.5) is 11.5 Å². The van der Waals surface area contributed by atoms with Crippen LogP contribution in [0, 0.1) is 5.92 Å². The number of hydrogen-bond acceptors (Lipinski definition) is 5. The van der Waals surface area contributed by atoms with Crippen LogP contribution in [0.1, 0.15) is 49.8 Å². The van der Waals surface area contributed by atoms with Crippen LogP contribution < -0.4 is 16.0 Å². The van der Waals surface area contributed by atoms with Crippen molar-refractivity contribution >= 4 is 40.7 Å². The molecule has 1 atom stereocenters. The Bertz CT molecular complexity index is 1230. The van der Waals surface area contributed by atoms with Crippen molar-refractivity contribution in [1.29, 1.82) is 0 Å². The Labute approximate surface area is 206 Å². The van der Waals surface area contributed by atoms with Crippen LogP contribution in [0.5, 0.6) is 0 Å². The molecule has 3 aromatic rings.